The Labute approximate surface area is 192 Å². The van der Waals surface area contributed by atoms with E-state index in [-0.39, 0.29) is 5.69 Å². The number of aromatic nitrogens is 4. The molecular formula is C23H20BrN5O3. The number of halogens is 1. The van der Waals surface area contributed by atoms with Gasteiger partial charge in [-0.2, -0.15) is 10.2 Å². The smallest absolute Gasteiger partial charge is 0.356 e. The summed E-state index contributed by atoms with van der Waals surface area (Å²) < 4.78 is 7.85. The number of hydrogen-bond donors (Lipinski definition) is 2. The number of rotatable bonds is 6. The summed E-state index contributed by atoms with van der Waals surface area (Å²) in [6.45, 7) is 3.24. The van der Waals surface area contributed by atoms with Crippen LogP contribution in [0, 0.1) is 13.8 Å². The van der Waals surface area contributed by atoms with E-state index in [1.165, 1.54) is 0 Å². The largest absolute Gasteiger partial charge is 0.451 e. The lowest BCUT2D eigenvalue weighted by Crippen LogP contribution is -2.21. The van der Waals surface area contributed by atoms with Crippen LogP contribution in [-0.4, -0.2) is 38.5 Å². The third-order valence-electron chi connectivity index (χ3n) is 4.83. The SMILES string of the molecule is Cc1nn(-c2ccccc2)c(C)c1NC(=O)COC(=O)c1cc(-c2ccc(Br)cc2)n[nH]1. The number of carbonyl (C=O) groups excluding carboxylic acids is 2. The molecule has 0 saturated carbocycles. The minimum absolute atomic E-state index is 0.167. The van der Waals surface area contributed by atoms with Gasteiger partial charge in [0.05, 0.1) is 28.5 Å². The van der Waals surface area contributed by atoms with Gasteiger partial charge in [-0.05, 0) is 44.2 Å². The van der Waals surface area contributed by atoms with Gasteiger partial charge in [0.25, 0.3) is 5.91 Å². The third-order valence-corrected chi connectivity index (χ3v) is 5.36. The van der Waals surface area contributed by atoms with Crippen LogP contribution >= 0.6 is 15.9 Å². The molecule has 2 aromatic heterocycles. The highest BCUT2D eigenvalue weighted by Gasteiger charge is 2.18. The number of nitrogens with zero attached hydrogens (tertiary/aromatic N) is 3. The molecule has 0 atom stereocenters. The fourth-order valence-electron chi connectivity index (χ4n) is 3.22. The van der Waals surface area contributed by atoms with E-state index in [2.05, 4.69) is 36.5 Å². The Morgan fingerprint density at radius 2 is 1.81 bits per heavy atom. The van der Waals surface area contributed by atoms with Gasteiger partial charge in [0.2, 0.25) is 0 Å². The Kier molecular flexibility index (Phi) is 6.18. The number of hydrogen-bond acceptors (Lipinski definition) is 5. The molecule has 0 unspecified atom stereocenters. The first-order chi connectivity index (χ1) is 15.4. The van der Waals surface area contributed by atoms with Crippen LogP contribution in [-0.2, 0) is 9.53 Å². The van der Waals surface area contributed by atoms with Crippen molar-refractivity contribution in [2.24, 2.45) is 0 Å². The Hall–Kier alpha value is -3.72. The van der Waals surface area contributed by atoms with E-state index >= 15 is 0 Å². The average Bonchev–Trinajstić information content (AvgIpc) is 3.40. The van der Waals surface area contributed by atoms with E-state index in [9.17, 15) is 9.59 Å². The first-order valence-electron chi connectivity index (χ1n) is 9.82. The number of amides is 1. The molecule has 0 radical (unpaired) electrons. The van der Waals surface area contributed by atoms with Crippen molar-refractivity contribution in [3.8, 4) is 16.9 Å². The second kappa shape index (κ2) is 9.19. The van der Waals surface area contributed by atoms with Gasteiger partial charge < -0.3 is 10.1 Å². The third kappa shape index (κ3) is 4.62. The van der Waals surface area contributed by atoms with Gasteiger partial charge >= 0.3 is 5.97 Å². The van der Waals surface area contributed by atoms with Crippen LogP contribution in [0.25, 0.3) is 16.9 Å². The van der Waals surface area contributed by atoms with Crippen molar-refractivity contribution in [3.05, 3.63) is 82.2 Å². The summed E-state index contributed by atoms with van der Waals surface area (Å²) in [6, 6.07) is 18.7. The van der Waals surface area contributed by atoms with E-state index in [0.717, 1.165) is 21.4 Å². The maximum atomic E-state index is 12.4. The van der Waals surface area contributed by atoms with Crippen molar-refractivity contribution in [2.45, 2.75) is 13.8 Å². The van der Waals surface area contributed by atoms with E-state index in [0.29, 0.717) is 17.1 Å². The van der Waals surface area contributed by atoms with Crippen molar-refractivity contribution in [3.63, 3.8) is 0 Å². The van der Waals surface area contributed by atoms with E-state index in [1.807, 2.05) is 68.4 Å². The van der Waals surface area contributed by atoms with Crippen molar-refractivity contribution >= 4 is 33.5 Å². The molecule has 162 valence electrons. The molecule has 0 aliphatic carbocycles. The molecule has 32 heavy (non-hydrogen) atoms. The molecule has 4 aromatic rings. The number of H-pyrrole nitrogens is 1. The molecule has 2 N–H and O–H groups in total. The van der Waals surface area contributed by atoms with Crippen LogP contribution in [0.2, 0.25) is 0 Å². The quantitative estimate of drug-likeness (QED) is 0.386. The number of ether oxygens (including phenoxy) is 1. The van der Waals surface area contributed by atoms with Crippen LogP contribution < -0.4 is 5.32 Å². The van der Waals surface area contributed by atoms with Crippen LogP contribution in [0.4, 0.5) is 5.69 Å². The van der Waals surface area contributed by atoms with Gasteiger partial charge in [-0.15, -0.1) is 0 Å². The maximum Gasteiger partial charge on any atom is 0.356 e. The summed E-state index contributed by atoms with van der Waals surface area (Å²) in [5, 5.41) is 14.1. The minimum Gasteiger partial charge on any atom is -0.451 e. The average molecular weight is 494 g/mol. The number of para-hydroxylation sites is 1. The molecule has 8 nitrogen and oxygen atoms in total. The lowest BCUT2D eigenvalue weighted by molar-refractivity contribution is -0.119. The molecule has 1 amide bonds. The first-order valence-corrected chi connectivity index (χ1v) is 10.6. The molecule has 2 aromatic carbocycles. The van der Waals surface area contributed by atoms with Crippen molar-refractivity contribution < 1.29 is 14.3 Å². The second-order valence-corrected chi connectivity index (χ2v) is 8.01. The van der Waals surface area contributed by atoms with Gasteiger partial charge in [-0.3, -0.25) is 9.89 Å². The number of nitrogens with one attached hydrogen (secondary N) is 2. The van der Waals surface area contributed by atoms with E-state index in [4.69, 9.17) is 4.74 Å². The number of anilines is 1. The molecule has 0 aliphatic heterocycles. The molecule has 4 rings (SSSR count). The van der Waals surface area contributed by atoms with Crippen molar-refractivity contribution in [2.75, 3.05) is 11.9 Å². The summed E-state index contributed by atoms with van der Waals surface area (Å²) >= 11 is 3.38. The molecular weight excluding hydrogens is 474 g/mol. The van der Waals surface area contributed by atoms with Crippen LogP contribution in [0.15, 0.2) is 65.1 Å². The van der Waals surface area contributed by atoms with E-state index in [1.54, 1.807) is 10.7 Å². The standard InChI is InChI=1S/C23H20BrN5O3/c1-14-22(15(2)29(28-14)18-6-4-3-5-7-18)25-21(30)13-32-23(31)20-12-19(26-27-20)16-8-10-17(24)11-9-16/h3-12H,13H2,1-2H3,(H,25,30)(H,26,27). The summed E-state index contributed by atoms with van der Waals surface area (Å²) in [4.78, 5) is 24.7. The molecule has 0 bridgehead atoms. The second-order valence-electron chi connectivity index (χ2n) is 7.09. The Morgan fingerprint density at radius 1 is 1.09 bits per heavy atom. The maximum absolute atomic E-state index is 12.4. The fourth-order valence-corrected chi connectivity index (χ4v) is 3.49. The first kappa shape index (κ1) is 21.5. The predicted octanol–water partition coefficient (Wildman–Crippen LogP) is 4.44. The number of esters is 1. The Balaban J connectivity index is 1.38. The van der Waals surface area contributed by atoms with Crippen LogP contribution in [0.5, 0.6) is 0 Å². The summed E-state index contributed by atoms with van der Waals surface area (Å²) in [7, 11) is 0. The number of benzene rings is 2. The molecule has 2 heterocycles. The summed E-state index contributed by atoms with van der Waals surface area (Å²) in [5.41, 5.74) is 4.55. The number of aryl methyl sites for hydroxylation is 1. The topological polar surface area (TPSA) is 102 Å². The lowest BCUT2D eigenvalue weighted by Gasteiger charge is -2.07. The summed E-state index contributed by atoms with van der Waals surface area (Å²) in [6.07, 6.45) is 0. The van der Waals surface area contributed by atoms with Gasteiger partial charge in [-0.25, -0.2) is 9.48 Å². The molecule has 9 heteroatoms. The zero-order valence-electron chi connectivity index (χ0n) is 17.4. The Morgan fingerprint density at radius 3 is 2.53 bits per heavy atom. The number of carbonyl (C=O) groups is 2. The van der Waals surface area contributed by atoms with Crippen molar-refractivity contribution in [1.29, 1.82) is 0 Å². The van der Waals surface area contributed by atoms with Gasteiger partial charge in [0, 0.05) is 10.0 Å². The fraction of sp³-hybridized carbons (Fsp3) is 0.130. The highest BCUT2D eigenvalue weighted by atomic mass is 79.9. The van der Waals surface area contributed by atoms with Gasteiger partial charge in [0.15, 0.2) is 6.61 Å². The molecule has 0 aliphatic rings. The highest BCUT2D eigenvalue weighted by Crippen LogP contribution is 2.23. The highest BCUT2D eigenvalue weighted by molar-refractivity contribution is 9.10. The van der Waals surface area contributed by atoms with Crippen molar-refractivity contribution in [1.82, 2.24) is 20.0 Å². The normalized spacial score (nSPS) is 10.7. The zero-order chi connectivity index (χ0) is 22.7. The Bertz CT molecular complexity index is 1260. The minimum atomic E-state index is -0.663. The number of aromatic amines is 1. The van der Waals surface area contributed by atoms with Gasteiger partial charge in [-0.1, -0.05) is 46.3 Å². The molecule has 0 saturated heterocycles. The lowest BCUT2D eigenvalue weighted by atomic mass is 10.1. The predicted molar refractivity (Wildman–Crippen MR) is 124 cm³/mol. The van der Waals surface area contributed by atoms with Crippen LogP contribution in [0.1, 0.15) is 21.9 Å². The summed E-state index contributed by atoms with van der Waals surface area (Å²) in [5.74, 6) is -1.12. The van der Waals surface area contributed by atoms with Gasteiger partial charge in [0.1, 0.15) is 5.69 Å². The molecule has 0 fully saturated rings. The van der Waals surface area contributed by atoms with E-state index < -0.39 is 18.5 Å². The zero-order valence-corrected chi connectivity index (χ0v) is 19.0. The van der Waals surface area contributed by atoms with Crippen LogP contribution in [0.3, 0.4) is 0 Å². The monoisotopic (exact) mass is 493 g/mol. The molecule has 0 spiro atoms.